The van der Waals surface area contributed by atoms with Gasteiger partial charge in [-0.3, -0.25) is 10.6 Å². The van der Waals surface area contributed by atoms with E-state index in [1.807, 2.05) is 19.1 Å². The highest BCUT2D eigenvalue weighted by atomic mass is 16.3. The minimum absolute atomic E-state index is 0.116. The first-order valence-electron chi connectivity index (χ1n) is 6.66. The van der Waals surface area contributed by atoms with E-state index >= 15 is 0 Å². The Balaban J connectivity index is 2.03. The Labute approximate surface area is 113 Å². The predicted octanol–water partition coefficient (Wildman–Crippen LogP) is 1.31. The van der Waals surface area contributed by atoms with Crippen LogP contribution < -0.4 is 16.6 Å². The summed E-state index contributed by atoms with van der Waals surface area (Å²) in [6.07, 6.45) is 2.93. The Hall–Kier alpha value is -1.59. The van der Waals surface area contributed by atoms with Crippen molar-refractivity contribution < 1.29 is 9.90 Å². The van der Waals surface area contributed by atoms with E-state index in [9.17, 15) is 9.90 Å². The molecule has 1 aromatic rings. The van der Waals surface area contributed by atoms with Gasteiger partial charge in [0.1, 0.15) is 0 Å². The molecule has 5 nitrogen and oxygen atoms in total. The van der Waals surface area contributed by atoms with E-state index in [1.165, 1.54) is 0 Å². The fraction of sp³-hybridized carbons (Fsp3) is 0.500. The second-order valence-electron chi connectivity index (χ2n) is 5.17. The van der Waals surface area contributed by atoms with Gasteiger partial charge in [-0.1, -0.05) is 6.07 Å². The number of hydrazine groups is 1. The zero-order chi connectivity index (χ0) is 13.8. The Morgan fingerprint density at radius 1 is 1.32 bits per heavy atom. The van der Waals surface area contributed by atoms with E-state index in [4.69, 9.17) is 5.84 Å². The third-order valence-corrected chi connectivity index (χ3v) is 3.61. The van der Waals surface area contributed by atoms with Crippen molar-refractivity contribution in [2.24, 2.45) is 5.84 Å². The number of hydrogen-bond acceptors (Lipinski definition) is 4. The van der Waals surface area contributed by atoms with Gasteiger partial charge in [-0.05, 0) is 50.3 Å². The zero-order valence-electron chi connectivity index (χ0n) is 11.1. The number of aliphatic hydroxyl groups excluding tert-OH is 1. The third kappa shape index (κ3) is 3.45. The molecule has 0 aromatic heterocycles. The number of amides is 1. The molecule has 0 heterocycles. The Bertz CT molecular complexity index is 454. The Morgan fingerprint density at radius 3 is 2.63 bits per heavy atom. The summed E-state index contributed by atoms with van der Waals surface area (Å²) in [6, 6.07) is 5.65. The fourth-order valence-electron chi connectivity index (χ4n) is 2.46. The molecule has 2 rings (SSSR count). The van der Waals surface area contributed by atoms with Gasteiger partial charge in [0, 0.05) is 6.04 Å². The molecule has 1 amide bonds. The molecule has 1 saturated carbocycles. The number of nitrogens with two attached hydrogens (primary N) is 1. The lowest BCUT2D eigenvalue weighted by Crippen LogP contribution is -2.38. The average molecular weight is 263 g/mol. The second kappa shape index (κ2) is 6.04. The number of aliphatic hydroxyl groups is 1. The predicted molar refractivity (Wildman–Crippen MR) is 74.7 cm³/mol. The van der Waals surface area contributed by atoms with Crippen molar-refractivity contribution in [3.63, 3.8) is 0 Å². The average Bonchev–Trinajstić information content (AvgIpc) is 2.41. The molecule has 0 atom stereocenters. The van der Waals surface area contributed by atoms with Crippen LogP contribution >= 0.6 is 0 Å². The topological polar surface area (TPSA) is 87.4 Å². The molecule has 0 bridgehead atoms. The van der Waals surface area contributed by atoms with Gasteiger partial charge in [-0.25, -0.2) is 0 Å². The van der Waals surface area contributed by atoms with Crippen molar-refractivity contribution in [2.45, 2.75) is 44.8 Å². The highest BCUT2D eigenvalue weighted by Gasteiger charge is 2.22. The van der Waals surface area contributed by atoms with Gasteiger partial charge in [0.05, 0.1) is 17.4 Å². The quantitative estimate of drug-likeness (QED) is 0.489. The standard InChI is InChI=1S/C14H21N3O2/c1-9-2-7-12(13(8-9)17-15)14(19)16-10-3-5-11(18)6-4-10/h2,7-8,10-11,17-18H,3-6,15H2,1H3,(H,16,19). The molecule has 1 aromatic carbocycles. The van der Waals surface area contributed by atoms with E-state index in [2.05, 4.69) is 10.7 Å². The van der Waals surface area contributed by atoms with Gasteiger partial charge in [0.2, 0.25) is 0 Å². The van der Waals surface area contributed by atoms with Gasteiger partial charge in [-0.15, -0.1) is 0 Å². The highest BCUT2D eigenvalue weighted by Crippen LogP contribution is 2.20. The molecule has 0 spiro atoms. The lowest BCUT2D eigenvalue weighted by atomic mass is 9.93. The molecule has 1 fully saturated rings. The summed E-state index contributed by atoms with van der Waals surface area (Å²) in [7, 11) is 0. The maximum absolute atomic E-state index is 12.2. The number of carbonyl (C=O) groups excluding carboxylic acids is 1. The molecule has 19 heavy (non-hydrogen) atoms. The summed E-state index contributed by atoms with van der Waals surface area (Å²) < 4.78 is 0. The van der Waals surface area contributed by atoms with Gasteiger partial charge in [-0.2, -0.15) is 0 Å². The van der Waals surface area contributed by atoms with Crippen molar-refractivity contribution in [2.75, 3.05) is 5.43 Å². The molecular formula is C14H21N3O2. The van der Waals surface area contributed by atoms with Crippen LogP contribution in [0.3, 0.4) is 0 Å². The molecule has 0 radical (unpaired) electrons. The SMILES string of the molecule is Cc1ccc(C(=O)NC2CCC(O)CC2)c(NN)c1. The molecule has 1 aliphatic rings. The normalized spacial score (nSPS) is 22.9. The largest absolute Gasteiger partial charge is 0.393 e. The number of nitrogen functional groups attached to an aromatic ring is 1. The minimum Gasteiger partial charge on any atom is -0.393 e. The summed E-state index contributed by atoms with van der Waals surface area (Å²) in [5, 5.41) is 12.5. The lowest BCUT2D eigenvalue weighted by Gasteiger charge is -2.26. The number of benzene rings is 1. The summed E-state index contributed by atoms with van der Waals surface area (Å²) in [5.74, 6) is 5.33. The van der Waals surface area contributed by atoms with Crippen molar-refractivity contribution in [1.82, 2.24) is 5.32 Å². The Kier molecular flexibility index (Phi) is 4.39. The van der Waals surface area contributed by atoms with Crippen LogP contribution in [0.4, 0.5) is 5.69 Å². The van der Waals surface area contributed by atoms with Crippen molar-refractivity contribution in [3.05, 3.63) is 29.3 Å². The van der Waals surface area contributed by atoms with Crippen molar-refractivity contribution in [3.8, 4) is 0 Å². The van der Waals surface area contributed by atoms with E-state index in [-0.39, 0.29) is 18.1 Å². The maximum Gasteiger partial charge on any atom is 0.253 e. The fourth-order valence-corrected chi connectivity index (χ4v) is 2.46. The van der Waals surface area contributed by atoms with Crippen LogP contribution in [-0.4, -0.2) is 23.2 Å². The molecule has 0 saturated heterocycles. The van der Waals surface area contributed by atoms with Crippen molar-refractivity contribution >= 4 is 11.6 Å². The van der Waals surface area contributed by atoms with Crippen LogP contribution in [0.2, 0.25) is 0 Å². The van der Waals surface area contributed by atoms with E-state index < -0.39 is 0 Å². The van der Waals surface area contributed by atoms with E-state index in [1.54, 1.807) is 6.07 Å². The third-order valence-electron chi connectivity index (χ3n) is 3.61. The number of aryl methyl sites for hydroxylation is 1. The molecule has 0 unspecified atom stereocenters. The second-order valence-corrected chi connectivity index (χ2v) is 5.17. The molecule has 5 N–H and O–H groups in total. The van der Waals surface area contributed by atoms with Gasteiger partial charge >= 0.3 is 0 Å². The first kappa shape index (κ1) is 13.8. The number of rotatable bonds is 3. The van der Waals surface area contributed by atoms with Crippen LogP contribution in [0.15, 0.2) is 18.2 Å². The lowest BCUT2D eigenvalue weighted by molar-refractivity contribution is 0.0868. The number of hydrogen-bond donors (Lipinski definition) is 4. The van der Waals surface area contributed by atoms with Gasteiger partial charge in [0.25, 0.3) is 5.91 Å². The number of carbonyl (C=O) groups is 1. The summed E-state index contributed by atoms with van der Waals surface area (Å²) in [5.41, 5.74) is 4.79. The molecule has 104 valence electrons. The van der Waals surface area contributed by atoms with E-state index in [0.29, 0.717) is 11.3 Å². The van der Waals surface area contributed by atoms with Gasteiger partial charge < -0.3 is 15.8 Å². The van der Waals surface area contributed by atoms with Crippen LogP contribution in [0.1, 0.15) is 41.6 Å². The first-order valence-corrected chi connectivity index (χ1v) is 6.66. The number of anilines is 1. The minimum atomic E-state index is -0.214. The summed E-state index contributed by atoms with van der Waals surface area (Å²) in [6.45, 7) is 1.95. The zero-order valence-corrected chi connectivity index (χ0v) is 11.1. The molecule has 5 heteroatoms. The summed E-state index contributed by atoms with van der Waals surface area (Å²) >= 11 is 0. The molecule has 1 aliphatic carbocycles. The molecule has 0 aliphatic heterocycles. The first-order chi connectivity index (χ1) is 9.10. The Morgan fingerprint density at radius 2 is 2.00 bits per heavy atom. The van der Waals surface area contributed by atoms with Crippen LogP contribution in [0.25, 0.3) is 0 Å². The van der Waals surface area contributed by atoms with Crippen molar-refractivity contribution in [1.29, 1.82) is 0 Å². The number of nitrogens with one attached hydrogen (secondary N) is 2. The maximum atomic E-state index is 12.2. The van der Waals surface area contributed by atoms with Crippen LogP contribution in [-0.2, 0) is 0 Å². The monoisotopic (exact) mass is 263 g/mol. The van der Waals surface area contributed by atoms with E-state index in [0.717, 1.165) is 31.2 Å². The smallest absolute Gasteiger partial charge is 0.253 e. The highest BCUT2D eigenvalue weighted by molar-refractivity contribution is 5.99. The van der Waals surface area contributed by atoms with Gasteiger partial charge in [0.15, 0.2) is 0 Å². The summed E-state index contributed by atoms with van der Waals surface area (Å²) in [4.78, 5) is 12.2. The van der Waals surface area contributed by atoms with Crippen LogP contribution in [0, 0.1) is 6.92 Å². The molecular weight excluding hydrogens is 242 g/mol. The van der Waals surface area contributed by atoms with Crippen LogP contribution in [0.5, 0.6) is 0 Å².